The fourth-order valence-corrected chi connectivity index (χ4v) is 3.78. The number of benzene rings is 2. The van der Waals surface area contributed by atoms with Gasteiger partial charge in [0.2, 0.25) is 0 Å². The summed E-state index contributed by atoms with van der Waals surface area (Å²) < 4.78 is 1.18. The van der Waals surface area contributed by atoms with Crippen molar-refractivity contribution < 1.29 is 10.2 Å². The molecule has 5 nitrogen and oxygen atoms in total. The summed E-state index contributed by atoms with van der Waals surface area (Å²) in [4.78, 5) is 9.21. The quantitative estimate of drug-likeness (QED) is 0.489. The lowest BCUT2D eigenvalue weighted by Gasteiger charge is -2.07. The Bertz CT molecular complexity index is 1010. The number of fused-ring (bicyclic) bond motifs is 1. The molecule has 0 saturated carbocycles. The summed E-state index contributed by atoms with van der Waals surface area (Å²) in [6.07, 6.45) is 0.781. The zero-order valence-electron chi connectivity index (χ0n) is 13.9. The summed E-state index contributed by atoms with van der Waals surface area (Å²) in [5, 5.41) is 23.6. The number of nitrogens with one attached hydrogen (secondary N) is 1. The SMILES string of the molecule is Oc1ccc(CCNc2cc(-c3cc4ccccc4s3)nc(O)n2)cc1. The zero-order valence-corrected chi connectivity index (χ0v) is 14.7. The van der Waals surface area contributed by atoms with E-state index in [0.717, 1.165) is 22.2 Å². The Labute approximate surface area is 154 Å². The Morgan fingerprint density at radius 2 is 1.73 bits per heavy atom. The van der Waals surface area contributed by atoms with E-state index in [1.807, 2.05) is 30.3 Å². The number of aromatic nitrogens is 2. The molecule has 2 aromatic carbocycles. The van der Waals surface area contributed by atoms with Gasteiger partial charge in [0.25, 0.3) is 0 Å². The average Bonchev–Trinajstić information content (AvgIpc) is 3.07. The predicted octanol–water partition coefficient (Wildman–Crippen LogP) is 4.42. The number of phenolic OH excluding ortho intramolecular Hbond substituents is 1. The normalized spacial score (nSPS) is 10.9. The van der Waals surface area contributed by atoms with Crippen LogP contribution in [0.2, 0.25) is 0 Å². The average molecular weight is 363 g/mol. The first kappa shape index (κ1) is 16.4. The maximum Gasteiger partial charge on any atom is 0.316 e. The molecule has 0 aliphatic rings. The number of nitrogens with zero attached hydrogens (tertiary/aromatic N) is 2. The first-order valence-electron chi connectivity index (χ1n) is 8.26. The Hall–Kier alpha value is -3.12. The Balaban J connectivity index is 1.51. The third-order valence-corrected chi connectivity index (χ3v) is 5.19. The molecule has 0 unspecified atom stereocenters. The minimum absolute atomic E-state index is 0.243. The summed E-state index contributed by atoms with van der Waals surface area (Å²) >= 11 is 1.64. The topological polar surface area (TPSA) is 78.3 Å². The molecule has 2 aromatic heterocycles. The highest BCUT2D eigenvalue weighted by atomic mass is 32.1. The molecule has 0 fully saturated rings. The highest BCUT2D eigenvalue weighted by Crippen LogP contribution is 2.33. The molecular formula is C20H17N3O2S. The molecule has 0 amide bonds. The van der Waals surface area contributed by atoms with Crippen LogP contribution < -0.4 is 5.32 Å². The molecule has 0 atom stereocenters. The van der Waals surface area contributed by atoms with E-state index in [0.29, 0.717) is 18.1 Å². The van der Waals surface area contributed by atoms with E-state index < -0.39 is 0 Å². The first-order valence-corrected chi connectivity index (χ1v) is 9.08. The predicted molar refractivity (Wildman–Crippen MR) is 105 cm³/mol. The molecule has 130 valence electrons. The molecule has 0 radical (unpaired) electrons. The van der Waals surface area contributed by atoms with Crippen molar-refractivity contribution in [2.24, 2.45) is 0 Å². The minimum Gasteiger partial charge on any atom is -0.508 e. The number of hydrogen-bond acceptors (Lipinski definition) is 6. The zero-order chi connectivity index (χ0) is 17.9. The van der Waals surface area contributed by atoms with Crippen LogP contribution in [-0.2, 0) is 6.42 Å². The molecular weight excluding hydrogens is 346 g/mol. The summed E-state index contributed by atoms with van der Waals surface area (Å²) in [6, 6.07) is 18.9. The molecule has 3 N–H and O–H groups in total. The van der Waals surface area contributed by atoms with Gasteiger partial charge in [0.1, 0.15) is 11.6 Å². The van der Waals surface area contributed by atoms with Crippen LogP contribution in [0.3, 0.4) is 0 Å². The maximum atomic E-state index is 9.89. The van der Waals surface area contributed by atoms with E-state index in [1.54, 1.807) is 23.5 Å². The molecule has 26 heavy (non-hydrogen) atoms. The lowest BCUT2D eigenvalue weighted by molar-refractivity contribution is 0.432. The van der Waals surface area contributed by atoms with E-state index in [-0.39, 0.29) is 11.8 Å². The summed E-state index contributed by atoms with van der Waals surface area (Å²) in [5.74, 6) is 0.846. The summed E-state index contributed by atoms with van der Waals surface area (Å²) in [5.41, 5.74) is 1.81. The van der Waals surface area contributed by atoms with Crippen molar-refractivity contribution in [1.82, 2.24) is 9.97 Å². The monoisotopic (exact) mass is 363 g/mol. The number of rotatable bonds is 5. The van der Waals surface area contributed by atoms with E-state index >= 15 is 0 Å². The van der Waals surface area contributed by atoms with Gasteiger partial charge in [-0.05, 0) is 41.6 Å². The van der Waals surface area contributed by atoms with Gasteiger partial charge in [-0.15, -0.1) is 11.3 Å². The van der Waals surface area contributed by atoms with Gasteiger partial charge in [0, 0.05) is 17.3 Å². The fraction of sp³-hybridized carbons (Fsp3) is 0.100. The highest BCUT2D eigenvalue weighted by Gasteiger charge is 2.09. The fourth-order valence-electron chi connectivity index (χ4n) is 2.76. The molecule has 6 heteroatoms. The van der Waals surface area contributed by atoms with Crippen molar-refractivity contribution in [3.05, 3.63) is 66.2 Å². The summed E-state index contributed by atoms with van der Waals surface area (Å²) in [6.45, 7) is 0.660. The second-order valence-corrected chi connectivity index (χ2v) is 7.01. The Kier molecular flexibility index (Phi) is 4.41. The minimum atomic E-state index is -0.243. The number of anilines is 1. The van der Waals surface area contributed by atoms with Crippen LogP contribution in [0, 0.1) is 0 Å². The van der Waals surface area contributed by atoms with Crippen molar-refractivity contribution in [3.63, 3.8) is 0 Å². The van der Waals surface area contributed by atoms with Crippen molar-refractivity contribution >= 4 is 27.2 Å². The van der Waals surface area contributed by atoms with Crippen LogP contribution in [0.15, 0.2) is 60.7 Å². The lowest BCUT2D eigenvalue weighted by atomic mass is 10.1. The molecule has 0 bridgehead atoms. The van der Waals surface area contributed by atoms with E-state index in [1.165, 1.54) is 4.70 Å². The Morgan fingerprint density at radius 1 is 0.923 bits per heavy atom. The number of aromatic hydroxyl groups is 2. The van der Waals surface area contributed by atoms with Crippen molar-refractivity contribution in [3.8, 4) is 22.3 Å². The molecule has 4 aromatic rings. The molecule has 0 saturated heterocycles. The van der Waals surface area contributed by atoms with Gasteiger partial charge >= 0.3 is 6.01 Å². The first-order chi connectivity index (χ1) is 12.7. The number of phenols is 1. The highest BCUT2D eigenvalue weighted by molar-refractivity contribution is 7.22. The van der Waals surface area contributed by atoms with Gasteiger partial charge in [-0.25, -0.2) is 0 Å². The summed E-state index contributed by atoms with van der Waals surface area (Å²) in [7, 11) is 0. The van der Waals surface area contributed by atoms with Crippen molar-refractivity contribution in [2.75, 3.05) is 11.9 Å². The van der Waals surface area contributed by atoms with Crippen molar-refractivity contribution in [1.29, 1.82) is 0 Å². The van der Waals surface area contributed by atoms with E-state index in [2.05, 4.69) is 33.5 Å². The van der Waals surface area contributed by atoms with Gasteiger partial charge in [0.05, 0.1) is 10.6 Å². The smallest absolute Gasteiger partial charge is 0.316 e. The van der Waals surface area contributed by atoms with Gasteiger partial charge < -0.3 is 15.5 Å². The molecule has 0 aliphatic heterocycles. The molecule has 4 rings (SSSR count). The standard InChI is InChI=1S/C20H17N3O2S/c24-15-7-5-13(6-8-15)9-10-21-19-12-16(22-20(25)23-19)18-11-14-3-1-2-4-17(14)26-18/h1-8,11-12,24H,9-10H2,(H2,21,22,23,25). The largest absolute Gasteiger partial charge is 0.508 e. The second-order valence-electron chi connectivity index (χ2n) is 5.93. The Morgan fingerprint density at radius 3 is 2.54 bits per heavy atom. The van der Waals surface area contributed by atoms with Crippen molar-refractivity contribution in [2.45, 2.75) is 6.42 Å². The maximum absolute atomic E-state index is 9.89. The number of hydrogen-bond donors (Lipinski definition) is 3. The van der Waals surface area contributed by atoms with Crippen LogP contribution in [0.25, 0.3) is 20.7 Å². The molecule has 0 aliphatic carbocycles. The third kappa shape index (κ3) is 3.60. The van der Waals surface area contributed by atoms with E-state index in [9.17, 15) is 10.2 Å². The molecule has 0 spiro atoms. The lowest BCUT2D eigenvalue weighted by Crippen LogP contribution is -2.06. The van der Waals surface area contributed by atoms with Gasteiger partial charge in [0.15, 0.2) is 0 Å². The van der Waals surface area contributed by atoms with Crippen LogP contribution in [0.5, 0.6) is 11.8 Å². The van der Waals surface area contributed by atoms with Gasteiger partial charge in [-0.3, -0.25) is 0 Å². The van der Waals surface area contributed by atoms with Crippen LogP contribution in [-0.4, -0.2) is 26.7 Å². The number of thiophene rings is 1. The van der Waals surface area contributed by atoms with Gasteiger partial charge in [-0.1, -0.05) is 30.3 Å². The second kappa shape index (κ2) is 7.01. The van der Waals surface area contributed by atoms with E-state index in [4.69, 9.17) is 0 Å². The third-order valence-electron chi connectivity index (χ3n) is 4.05. The molecule has 2 heterocycles. The van der Waals surface area contributed by atoms with Crippen LogP contribution in [0.1, 0.15) is 5.56 Å². The van der Waals surface area contributed by atoms with Crippen LogP contribution >= 0.6 is 11.3 Å². The van der Waals surface area contributed by atoms with Crippen LogP contribution in [0.4, 0.5) is 5.82 Å². The van der Waals surface area contributed by atoms with Gasteiger partial charge in [-0.2, -0.15) is 9.97 Å².